The summed E-state index contributed by atoms with van der Waals surface area (Å²) in [5.41, 5.74) is 6.47. The molecular weight excluding hydrogens is 413 g/mol. The standard InChI is InChI=1S/C21H25ClFN3O4/c1-13-18(25-20(27)12-29-13)8-15(10-24)21(28)26-6-4-14(5-7-26)11-30-19-9-16(23)2-3-17(19)22/h2-3,8-10,13-14H,4-7,11-12,24H2,1H3,(H,25,27)/b15-10+,18-8+. The van der Waals surface area contributed by atoms with Gasteiger partial charge in [0.05, 0.1) is 23.3 Å². The van der Waals surface area contributed by atoms with Crippen LogP contribution in [0.2, 0.25) is 5.02 Å². The Kier molecular flexibility index (Phi) is 7.33. The van der Waals surface area contributed by atoms with Crippen molar-refractivity contribution in [3.63, 3.8) is 0 Å². The van der Waals surface area contributed by atoms with Gasteiger partial charge in [0, 0.05) is 31.1 Å². The van der Waals surface area contributed by atoms with Crippen molar-refractivity contribution < 1.29 is 23.5 Å². The first-order chi connectivity index (χ1) is 14.4. The van der Waals surface area contributed by atoms with Crippen LogP contribution < -0.4 is 15.8 Å². The molecule has 2 fully saturated rings. The number of halogens is 2. The highest BCUT2D eigenvalue weighted by Crippen LogP contribution is 2.27. The molecule has 0 radical (unpaired) electrons. The zero-order valence-corrected chi connectivity index (χ0v) is 17.5. The number of hydrogen-bond donors (Lipinski definition) is 2. The largest absolute Gasteiger partial charge is 0.492 e. The maximum atomic E-state index is 13.3. The van der Waals surface area contributed by atoms with Gasteiger partial charge in [-0.3, -0.25) is 9.59 Å². The van der Waals surface area contributed by atoms with Gasteiger partial charge < -0.3 is 25.4 Å². The van der Waals surface area contributed by atoms with Crippen molar-refractivity contribution in [3.8, 4) is 5.75 Å². The third kappa shape index (κ3) is 5.52. The first kappa shape index (κ1) is 22.1. The lowest BCUT2D eigenvalue weighted by atomic mass is 9.97. The molecule has 2 saturated heterocycles. The number of nitrogens with zero attached hydrogens (tertiary/aromatic N) is 1. The van der Waals surface area contributed by atoms with E-state index in [-0.39, 0.29) is 30.4 Å². The van der Waals surface area contributed by atoms with Gasteiger partial charge in [-0.05, 0) is 43.9 Å². The monoisotopic (exact) mass is 437 g/mol. The molecule has 3 N–H and O–H groups in total. The Hall–Kier alpha value is -2.58. The quantitative estimate of drug-likeness (QED) is 0.690. The number of morpholine rings is 1. The van der Waals surface area contributed by atoms with Gasteiger partial charge in [-0.25, -0.2) is 4.39 Å². The highest BCUT2D eigenvalue weighted by Gasteiger charge is 2.26. The Balaban J connectivity index is 1.54. The summed E-state index contributed by atoms with van der Waals surface area (Å²) in [7, 11) is 0. The summed E-state index contributed by atoms with van der Waals surface area (Å²) in [6.45, 7) is 3.27. The van der Waals surface area contributed by atoms with Crippen molar-refractivity contribution >= 4 is 23.4 Å². The molecule has 0 spiro atoms. The third-order valence-corrected chi connectivity index (χ3v) is 5.51. The first-order valence-corrected chi connectivity index (χ1v) is 10.2. The lowest BCUT2D eigenvalue weighted by molar-refractivity contribution is -0.130. The minimum atomic E-state index is -0.404. The number of piperidine rings is 1. The van der Waals surface area contributed by atoms with Crippen LogP contribution in [0.15, 0.2) is 41.7 Å². The van der Waals surface area contributed by atoms with Crippen molar-refractivity contribution in [2.45, 2.75) is 25.9 Å². The van der Waals surface area contributed by atoms with E-state index in [1.54, 1.807) is 17.9 Å². The highest BCUT2D eigenvalue weighted by atomic mass is 35.5. The number of amides is 2. The molecule has 9 heteroatoms. The Morgan fingerprint density at radius 3 is 2.87 bits per heavy atom. The molecule has 0 bridgehead atoms. The zero-order chi connectivity index (χ0) is 21.7. The Bertz CT molecular complexity index is 866. The topological polar surface area (TPSA) is 93.9 Å². The molecule has 2 heterocycles. The van der Waals surface area contributed by atoms with Gasteiger partial charge >= 0.3 is 0 Å². The van der Waals surface area contributed by atoms with E-state index in [9.17, 15) is 14.0 Å². The number of rotatable bonds is 5. The van der Waals surface area contributed by atoms with Crippen LogP contribution in [0.25, 0.3) is 0 Å². The number of nitrogens with one attached hydrogen (secondary N) is 1. The second-order valence-electron chi connectivity index (χ2n) is 7.34. The van der Waals surface area contributed by atoms with Crippen LogP contribution in [0.3, 0.4) is 0 Å². The van der Waals surface area contributed by atoms with Crippen molar-refractivity contribution in [3.05, 3.63) is 52.6 Å². The Labute approximate surface area is 179 Å². The number of carbonyl (C=O) groups excluding carboxylic acids is 2. The van der Waals surface area contributed by atoms with Gasteiger partial charge in [0.2, 0.25) is 5.91 Å². The van der Waals surface area contributed by atoms with Gasteiger partial charge in [-0.15, -0.1) is 0 Å². The van der Waals surface area contributed by atoms with Crippen LogP contribution in [0, 0.1) is 11.7 Å². The van der Waals surface area contributed by atoms with Crippen molar-refractivity contribution in [1.82, 2.24) is 10.2 Å². The SMILES string of the molecule is CC1OCC(=O)N/C1=C/C(=C\N)C(=O)N1CCC(COc2cc(F)ccc2Cl)CC1. The van der Waals surface area contributed by atoms with Crippen LogP contribution >= 0.6 is 11.6 Å². The van der Waals surface area contributed by atoms with E-state index in [0.29, 0.717) is 41.7 Å². The van der Waals surface area contributed by atoms with Gasteiger partial charge in [0.15, 0.2) is 0 Å². The molecule has 1 aromatic carbocycles. The van der Waals surface area contributed by atoms with Crippen molar-refractivity contribution in [2.75, 3.05) is 26.3 Å². The minimum Gasteiger partial charge on any atom is -0.492 e. The van der Waals surface area contributed by atoms with Crippen LogP contribution in [0.5, 0.6) is 5.75 Å². The maximum Gasteiger partial charge on any atom is 0.255 e. The molecule has 0 aromatic heterocycles. The number of ether oxygens (including phenoxy) is 2. The van der Waals surface area contributed by atoms with Gasteiger partial charge in [-0.2, -0.15) is 0 Å². The van der Waals surface area contributed by atoms with E-state index in [1.807, 2.05) is 0 Å². The molecule has 2 aliphatic heterocycles. The van der Waals surface area contributed by atoms with E-state index >= 15 is 0 Å². The second-order valence-corrected chi connectivity index (χ2v) is 7.75. The lowest BCUT2D eigenvalue weighted by Gasteiger charge is -2.32. The van der Waals surface area contributed by atoms with E-state index in [2.05, 4.69) is 5.32 Å². The predicted octanol–water partition coefficient (Wildman–Crippen LogP) is 2.36. The summed E-state index contributed by atoms with van der Waals surface area (Å²) in [6.07, 6.45) is 3.95. The number of hydrogen-bond acceptors (Lipinski definition) is 5. The van der Waals surface area contributed by atoms with Gasteiger partial charge in [-0.1, -0.05) is 11.6 Å². The third-order valence-electron chi connectivity index (χ3n) is 5.19. The second kappa shape index (κ2) is 9.95. The molecule has 162 valence electrons. The Morgan fingerprint density at radius 2 is 2.17 bits per heavy atom. The molecule has 2 aliphatic rings. The first-order valence-electron chi connectivity index (χ1n) is 9.79. The fraction of sp³-hybridized carbons (Fsp3) is 0.429. The van der Waals surface area contributed by atoms with Gasteiger partial charge in [0.1, 0.15) is 18.2 Å². The molecule has 1 unspecified atom stereocenters. The molecule has 7 nitrogen and oxygen atoms in total. The normalized spacial score (nSPS) is 22.2. The average molecular weight is 438 g/mol. The van der Waals surface area contributed by atoms with Crippen molar-refractivity contribution in [2.24, 2.45) is 11.7 Å². The summed E-state index contributed by atoms with van der Waals surface area (Å²) in [5, 5.41) is 3.08. The van der Waals surface area contributed by atoms with E-state index in [0.717, 1.165) is 12.8 Å². The molecule has 0 saturated carbocycles. The smallest absolute Gasteiger partial charge is 0.255 e. The summed E-state index contributed by atoms with van der Waals surface area (Å²) >= 11 is 6.03. The summed E-state index contributed by atoms with van der Waals surface area (Å²) in [6, 6.07) is 4.01. The molecule has 0 aliphatic carbocycles. The van der Waals surface area contributed by atoms with E-state index in [1.165, 1.54) is 24.4 Å². The molecular formula is C21H25ClFN3O4. The van der Waals surface area contributed by atoms with Crippen LogP contribution in [-0.2, 0) is 14.3 Å². The summed E-state index contributed by atoms with van der Waals surface area (Å²) in [4.78, 5) is 26.1. The molecule has 1 atom stereocenters. The molecule has 2 amide bonds. The molecule has 1 aromatic rings. The molecule has 30 heavy (non-hydrogen) atoms. The lowest BCUT2D eigenvalue weighted by Crippen LogP contribution is -2.42. The van der Waals surface area contributed by atoms with Crippen LogP contribution in [-0.4, -0.2) is 49.1 Å². The fourth-order valence-corrected chi connectivity index (χ4v) is 3.54. The summed E-state index contributed by atoms with van der Waals surface area (Å²) in [5.74, 6) is -0.324. The highest BCUT2D eigenvalue weighted by molar-refractivity contribution is 6.32. The Morgan fingerprint density at radius 1 is 1.43 bits per heavy atom. The maximum absolute atomic E-state index is 13.3. The van der Waals surface area contributed by atoms with E-state index in [4.69, 9.17) is 26.8 Å². The average Bonchev–Trinajstić information content (AvgIpc) is 2.75. The predicted molar refractivity (Wildman–Crippen MR) is 110 cm³/mol. The fourth-order valence-electron chi connectivity index (χ4n) is 3.37. The number of likely N-dealkylation sites (tertiary alicyclic amines) is 1. The number of nitrogens with two attached hydrogens (primary N) is 1. The number of carbonyl (C=O) groups is 2. The summed E-state index contributed by atoms with van der Waals surface area (Å²) < 4.78 is 24.4. The van der Waals surface area contributed by atoms with Crippen LogP contribution in [0.4, 0.5) is 4.39 Å². The van der Waals surface area contributed by atoms with Gasteiger partial charge in [0.25, 0.3) is 5.91 Å². The molecule has 3 rings (SSSR count). The zero-order valence-electron chi connectivity index (χ0n) is 16.7. The van der Waals surface area contributed by atoms with Crippen LogP contribution in [0.1, 0.15) is 19.8 Å². The van der Waals surface area contributed by atoms with Crippen molar-refractivity contribution in [1.29, 1.82) is 0 Å². The minimum absolute atomic E-state index is 0.00938. The number of benzene rings is 1. The van der Waals surface area contributed by atoms with E-state index < -0.39 is 5.82 Å².